The highest BCUT2D eigenvalue weighted by Gasteiger charge is 2.42. The number of nitrogens with zero attached hydrogens (tertiary/aromatic N) is 2. The Morgan fingerprint density at radius 3 is 2.80 bits per heavy atom. The Hall–Kier alpha value is -0.960. The van der Waals surface area contributed by atoms with Crippen LogP contribution in [0.3, 0.4) is 0 Å². The van der Waals surface area contributed by atoms with Crippen LogP contribution in [0.4, 0.5) is 0 Å². The maximum atomic E-state index is 4.76. The SMILES string of the molecule is Cc1nc(C2(C)CC2)nc2c1CNCC2. The number of hydrogen-bond donors (Lipinski definition) is 1. The van der Waals surface area contributed by atoms with Crippen LogP contribution in [0.5, 0.6) is 0 Å². The van der Waals surface area contributed by atoms with Gasteiger partial charge in [-0.25, -0.2) is 9.97 Å². The third-order valence-corrected chi connectivity index (χ3v) is 3.68. The fraction of sp³-hybridized carbons (Fsp3) is 0.667. The molecule has 0 atom stereocenters. The maximum Gasteiger partial charge on any atom is 0.134 e. The molecule has 0 spiro atoms. The molecule has 1 aromatic heterocycles. The standard InChI is InChI=1S/C12H17N3/c1-8-9-7-13-6-3-10(9)15-11(14-8)12(2)4-5-12/h13H,3-7H2,1-2H3. The molecule has 0 radical (unpaired) electrons. The van der Waals surface area contributed by atoms with E-state index in [4.69, 9.17) is 4.98 Å². The summed E-state index contributed by atoms with van der Waals surface area (Å²) >= 11 is 0. The second-order valence-electron chi connectivity index (χ2n) is 5.05. The lowest BCUT2D eigenvalue weighted by molar-refractivity contribution is 0.599. The molecule has 15 heavy (non-hydrogen) atoms. The molecule has 3 rings (SSSR count). The molecule has 2 heterocycles. The van der Waals surface area contributed by atoms with Crippen molar-refractivity contribution in [1.29, 1.82) is 0 Å². The van der Waals surface area contributed by atoms with Crippen molar-refractivity contribution < 1.29 is 0 Å². The summed E-state index contributed by atoms with van der Waals surface area (Å²) in [6.07, 6.45) is 3.56. The highest BCUT2D eigenvalue weighted by molar-refractivity contribution is 5.30. The van der Waals surface area contributed by atoms with Crippen molar-refractivity contribution in [1.82, 2.24) is 15.3 Å². The second-order valence-corrected chi connectivity index (χ2v) is 5.05. The first kappa shape index (κ1) is 9.28. The van der Waals surface area contributed by atoms with Gasteiger partial charge in [0.25, 0.3) is 0 Å². The summed E-state index contributed by atoms with van der Waals surface area (Å²) in [5.74, 6) is 1.08. The minimum absolute atomic E-state index is 0.296. The summed E-state index contributed by atoms with van der Waals surface area (Å²) in [7, 11) is 0. The molecule has 0 unspecified atom stereocenters. The van der Waals surface area contributed by atoms with E-state index in [1.165, 1.54) is 29.8 Å². The van der Waals surface area contributed by atoms with Crippen molar-refractivity contribution in [2.45, 2.75) is 45.1 Å². The third kappa shape index (κ3) is 1.46. The summed E-state index contributed by atoms with van der Waals surface area (Å²) in [5.41, 5.74) is 4.08. The van der Waals surface area contributed by atoms with Gasteiger partial charge in [0, 0.05) is 36.2 Å². The van der Waals surface area contributed by atoms with Crippen LogP contribution in [-0.4, -0.2) is 16.5 Å². The summed E-state index contributed by atoms with van der Waals surface area (Å²) < 4.78 is 0. The fourth-order valence-electron chi connectivity index (χ4n) is 2.19. The van der Waals surface area contributed by atoms with Gasteiger partial charge in [0.1, 0.15) is 5.82 Å². The molecule has 1 aromatic rings. The van der Waals surface area contributed by atoms with Gasteiger partial charge in [0.2, 0.25) is 0 Å². The predicted octanol–water partition coefficient (Wildman–Crippen LogP) is 1.48. The van der Waals surface area contributed by atoms with Gasteiger partial charge in [0.05, 0.1) is 5.69 Å². The van der Waals surface area contributed by atoms with Gasteiger partial charge in [-0.2, -0.15) is 0 Å². The molecule has 1 aliphatic carbocycles. The van der Waals surface area contributed by atoms with Crippen LogP contribution in [0.1, 0.15) is 42.5 Å². The highest BCUT2D eigenvalue weighted by atomic mass is 15.0. The van der Waals surface area contributed by atoms with Crippen molar-refractivity contribution in [2.24, 2.45) is 0 Å². The lowest BCUT2D eigenvalue weighted by Gasteiger charge is -2.20. The van der Waals surface area contributed by atoms with Gasteiger partial charge >= 0.3 is 0 Å². The van der Waals surface area contributed by atoms with Crippen molar-refractivity contribution in [3.63, 3.8) is 0 Å². The van der Waals surface area contributed by atoms with Gasteiger partial charge in [-0.1, -0.05) is 6.92 Å². The zero-order valence-corrected chi connectivity index (χ0v) is 9.43. The van der Waals surface area contributed by atoms with Crippen molar-refractivity contribution in [3.05, 3.63) is 22.8 Å². The molecule has 0 aromatic carbocycles. The van der Waals surface area contributed by atoms with Gasteiger partial charge < -0.3 is 5.32 Å². The largest absolute Gasteiger partial charge is 0.312 e. The third-order valence-electron chi connectivity index (χ3n) is 3.68. The van der Waals surface area contributed by atoms with Crippen LogP contribution in [-0.2, 0) is 18.4 Å². The van der Waals surface area contributed by atoms with E-state index >= 15 is 0 Å². The number of hydrogen-bond acceptors (Lipinski definition) is 3. The van der Waals surface area contributed by atoms with E-state index in [2.05, 4.69) is 24.1 Å². The number of aryl methyl sites for hydroxylation is 1. The summed E-state index contributed by atoms with van der Waals surface area (Å²) in [5, 5.41) is 3.38. The van der Waals surface area contributed by atoms with Gasteiger partial charge in [-0.05, 0) is 19.8 Å². The van der Waals surface area contributed by atoms with E-state index in [1.54, 1.807) is 0 Å². The van der Waals surface area contributed by atoms with Crippen LogP contribution < -0.4 is 5.32 Å². The quantitative estimate of drug-likeness (QED) is 0.751. The zero-order valence-electron chi connectivity index (χ0n) is 9.43. The molecule has 1 N–H and O–H groups in total. The molecule has 3 nitrogen and oxygen atoms in total. The van der Waals surface area contributed by atoms with Gasteiger partial charge in [-0.15, -0.1) is 0 Å². The van der Waals surface area contributed by atoms with Crippen LogP contribution >= 0.6 is 0 Å². The van der Waals surface area contributed by atoms with E-state index < -0.39 is 0 Å². The van der Waals surface area contributed by atoms with Gasteiger partial charge in [0.15, 0.2) is 0 Å². The molecule has 0 amide bonds. The molecule has 2 aliphatic rings. The lowest BCUT2D eigenvalue weighted by atomic mass is 10.0. The predicted molar refractivity (Wildman–Crippen MR) is 58.8 cm³/mol. The Balaban J connectivity index is 2.08. The van der Waals surface area contributed by atoms with E-state index in [-0.39, 0.29) is 0 Å². The molecule has 1 aliphatic heterocycles. The van der Waals surface area contributed by atoms with Crippen molar-refractivity contribution >= 4 is 0 Å². The monoisotopic (exact) mass is 203 g/mol. The van der Waals surface area contributed by atoms with E-state index in [1.807, 2.05) is 0 Å². The zero-order chi connectivity index (χ0) is 10.5. The molecule has 0 bridgehead atoms. The Morgan fingerprint density at radius 1 is 1.27 bits per heavy atom. The molecule has 1 fully saturated rings. The smallest absolute Gasteiger partial charge is 0.134 e. The van der Waals surface area contributed by atoms with Crippen molar-refractivity contribution in [3.8, 4) is 0 Å². The van der Waals surface area contributed by atoms with Crippen LogP contribution in [0.2, 0.25) is 0 Å². The van der Waals surface area contributed by atoms with Crippen molar-refractivity contribution in [2.75, 3.05) is 6.54 Å². The minimum atomic E-state index is 0.296. The molecular weight excluding hydrogens is 186 g/mol. The average molecular weight is 203 g/mol. The molecular formula is C12H17N3. The first-order chi connectivity index (χ1) is 7.19. The van der Waals surface area contributed by atoms with E-state index in [0.717, 1.165) is 25.3 Å². The molecule has 80 valence electrons. The molecule has 1 saturated carbocycles. The lowest BCUT2D eigenvalue weighted by Crippen LogP contribution is -2.27. The first-order valence-corrected chi connectivity index (χ1v) is 5.77. The fourth-order valence-corrected chi connectivity index (χ4v) is 2.19. The Bertz CT molecular complexity index is 408. The first-order valence-electron chi connectivity index (χ1n) is 5.77. The second kappa shape index (κ2) is 3.01. The normalized spacial score (nSPS) is 22.3. The summed E-state index contributed by atoms with van der Waals surface area (Å²) in [6, 6.07) is 0. The molecule has 0 saturated heterocycles. The van der Waals surface area contributed by atoms with Crippen LogP contribution in [0.25, 0.3) is 0 Å². The number of rotatable bonds is 1. The number of aromatic nitrogens is 2. The number of fused-ring (bicyclic) bond motifs is 1. The van der Waals surface area contributed by atoms with Crippen LogP contribution in [0, 0.1) is 6.92 Å². The minimum Gasteiger partial charge on any atom is -0.312 e. The summed E-state index contributed by atoms with van der Waals surface area (Å²) in [4.78, 5) is 9.43. The van der Waals surface area contributed by atoms with Gasteiger partial charge in [-0.3, -0.25) is 0 Å². The Morgan fingerprint density at radius 2 is 2.07 bits per heavy atom. The average Bonchev–Trinajstić information content (AvgIpc) is 2.98. The number of nitrogens with one attached hydrogen (secondary N) is 1. The van der Waals surface area contributed by atoms with E-state index in [9.17, 15) is 0 Å². The maximum absolute atomic E-state index is 4.76. The molecule has 3 heteroatoms. The Labute approximate surface area is 90.3 Å². The summed E-state index contributed by atoms with van der Waals surface area (Å²) in [6.45, 7) is 6.38. The Kier molecular flexibility index (Phi) is 1.87. The van der Waals surface area contributed by atoms with Crippen LogP contribution in [0.15, 0.2) is 0 Å². The topological polar surface area (TPSA) is 37.8 Å². The highest BCUT2D eigenvalue weighted by Crippen LogP contribution is 2.46. The van der Waals surface area contributed by atoms with E-state index in [0.29, 0.717) is 5.41 Å².